The van der Waals surface area contributed by atoms with Crippen LogP contribution in [0.5, 0.6) is 0 Å². The van der Waals surface area contributed by atoms with Gasteiger partial charge in [-0.15, -0.1) is 0 Å². The van der Waals surface area contributed by atoms with Gasteiger partial charge in [0.15, 0.2) is 0 Å². The fourth-order valence-electron chi connectivity index (χ4n) is 0.839. The third kappa shape index (κ3) is 2.46. The zero-order valence-electron chi connectivity index (χ0n) is 6.83. The molecule has 0 aliphatic heterocycles. The van der Waals surface area contributed by atoms with Crippen LogP contribution in [0, 0.1) is 0 Å². The van der Waals surface area contributed by atoms with Gasteiger partial charge >= 0.3 is 85.5 Å². The van der Waals surface area contributed by atoms with E-state index in [1.54, 1.807) is 0 Å². The zero-order chi connectivity index (χ0) is 8.93. The van der Waals surface area contributed by atoms with Crippen LogP contribution in [0.15, 0.2) is 48.8 Å². The summed E-state index contributed by atoms with van der Waals surface area (Å²) in [4.78, 5) is 8.57. The molecule has 0 atom stereocenters. The first-order valence-electron chi connectivity index (χ1n) is 3.86. The third-order valence-electron chi connectivity index (χ3n) is 1.38. The molecule has 13 heavy (non-hydrogen) atoms. The summed E-state index contributed by atoms with van der Waals surface area (Å²) in [6.07, 6.45) is 3.66. The molecule has 0 spiro atoms. The van der Waals surface area contributed by atoms with Crippen LogP contribution in [0.2, 0.25) is 0 Å². The summed E-state index contributed by atoms with van der Waals surface area (Å²) >= 11 is -0.204. The zero-order valence-corrected chi connectivity index (χ0v) is 9.10. The van der Waals surface area contributed by atoms with Gasteiger partial charge in [0.25, 0.3) is 0 Å². The molecule has 2 rings (SSSR count). The van der Waals surface area contributed by atoms with Crippen molar-refractivity contribution < 1.29 is 18.6 Å². The van der Waals surface area contributed by atoms with E-state index in [-0.39, 0.29) is 18.6 Å². The van der Waals surface area contributed by atoms with Crippen molar-refractivity contribution >= 4 is 8.17 Å². The maximum atomic E-state index is 4.28. The van der Waals surface area contributed by atoms with E-state index in [0.29, 0.717) is 0 Å². The molecule has 2 nitrogen and oxygen atoms in total. The van der Waals surface area contributed by atoms with Crippen molar-refractivity contribution in [3.8, 4) is 0 Å². The molecule has 3 heteroatoms. The Morgan fingerprint density at radius 3 is 1.69 bits per heavy atom. The SMILES string of the molecule is c1cc[c]([Pt][c]2ccccn2)nc1. The van der Waals surface area contributed by atoms with E-state index >= 15 is 0 Å². The van der Waals surface area contributed by atoms with Gasteiger partial charge in [-0.2, -0.15) is 0 Å². The number of rotatable bonds is 2. The van der Waals surface area contributed by atoms with E-state index in [0.717, 1.165) is 0 Å². The van der Waals surface area contributed by atoms with Crippen molar-refractivity contribution in [3.63, 3.8) is 0 Å². The predicted molar refractivity (Wildman–Crippen MR) is 47.7 cm³/mol. The predicted octanol–water partition coefficient (Wildman–Crippen LogP) is 0.510. The Kier molecular flexibility index (Phi) is 2.83. The summed E-state index contributed by atoms with van der Waals surface area (Å²) in [7, 11) is 0. The molecule has 0 aliphatic rings. The van der Waals surface area contributed by atoms with Crippen molar-refractivity contribution in [1.82, 2.24) is 9.97 Å². The molecule has 2 aromatic heterocycles. The van der Waals surface area contributed by atoms with Crippen LogP contribution in [-0.2, 0) is 18.6 Å². The first-order chi connectivity index (χ1) is 6.45. The van der Waals surface area contributed by atoms with Crippen molar-refractivity contribution in [2.24, 2.45) is 0 Å². The van der Waals surface area contributed by atoms with Crippen LogP contribution in [0.1, 0.15) is 0 Å². The van der Waals surface area contributed by atoms with E-state index in [9.17, 15) is 0 Å². The Balaban J connectivity index is 2.16. The maximum absolute atomic E-state index is 4.28. The normalized spacial score (nSPS) is 10.2. The number of aromatic nitrogens is 2. The molecular formula is C10H8N2Pt. The van der Waals surface area contributed by atoms with Crippen LogP contribution in [-0.4, -0.2) is 9.97 Å². The first-order valence-corrected chi connectivity index (χ1v) is 6.13. The fourth-order valence-corrected chi connectivity index (χ4v) is 2.88. The summed E-state index contributed by atoms with van der Waals surface area (Å²) in [5.74, 6) is 0. The van der Waals surface area contributed by atoms with E-state index in [1.807, 2.05) is 36.7 Å². The third-order valence-corrected chi connectivity index (χ3v) is 3.89. The summed E-state index contributed by atoms with van der Waals surface area (Å²) in [6.45, 7) is 0. The van der Waals surface area contributed by atoms with Gasteiger partial charge in [-0.3, -0.25) is 0 Å². The summed E-state index contributed by atoms with van der Waals surface area (Å²) < 4.78 is 2.34. The van der Waals surface area contributed by atoms with Gasteiger partial charge in [-0.05, 0) is 0 Å². The van der Waals surface area contributed by atoms with E-state index in [2.05, 4.69) is 22.1 Å². The van der Waals surface area contributed by atoms with Gasteiger partial charge in [0.1, 0.15) is 0 Å². The molecule has 0 saturated carbocycles. The average Bonchev–Trinajstić information content (AvgIpc) is 2.21. The Bertz CT molecular complexity index is 324. The monoisotopic (exact) mass is 351 g/mol. The van der Waals surface area contributed by atoms with Crippen molar-refractivity contribution in [2.45, 2.75) is 0 Å². The molecule has 0 saturated heterocycles. The van der Waals surface area contributed by atoms with Gasteiger partial charge in [0.05, 0.1) is 0 Å². The second-order valence-electron chi connectivity index (χ2n) is 2.32. The standard InChI is InChI=1S/2C5H4N.Pt/c2*1-2-4-6-5-3-1;/h2*1-4H;. The van der Waals surface area contributed by atoms with Crippen LogP contribution in [0.25, 0.3) is 0 Å². The van der Waals surface area contributed by atoms with Gasteiger partial charge in [-0.1, -0.05) is 0 Å². The molecule has 0 N–H and O–H groups in total. The summed E-state index contributed by atoms with van der Waals surface area (Å²) in [6, 6.07) is 12.0. The second-order valence-corrected chi connectivity index (χ2v) is 5.22. The van der Waals surface area contributed by atoms with Crippen LogP contribution in [0.3, 0.4) is 0 Å². The van der Waals surface area contributed by atoms with E-state index in [1.165, 1.54) is 8.17 Å². The molecular weight excluding hydrogens is 343 g/mol. The molecule has 0 fully saturated rings. The molecule has 68 valence electrons. The van der Waals surface area contributed by atoms with Crippen LogP contribution < -0.4 is 8.17 Å². The number of hydrogen-bond donors (Lipinski definition) is 0. The van der Waals surface area contributed by atoms with Gasteiger partial charge in [-0.25, -0.2) is 0 Å². The van der Waals surface area contributed by atoms with Crippen LogP contribution >= 0.6 is 0 Å². The van der Waals surface area contributed by atoms with Crippen molar-refractivity contribution in [3.05, 3.63) is 48.8 Å². The summed E-state index contributed by atoms with van der Waals surface area (Å²) in [5, 5.41) is 0. The molecule has 0 aliphatic carbocycles. The molecule has 0 bridgehead atoms. The molecule has 2 aromatic rings. The molecule has 0 radical (unpaired) electrons. The second kappa shape index (κ2) is 4.29. The van der Waals surface area contributed by atoms with E-state index in [4.69, 9.17) is 0 Å². The number of nitrogens with zero attached hydrogens (tertiary/aromatic N) is 2. The summed E-state index contributed by atoms with van der Waals surface area (Å²) in [5.41, 5.74) is 0. The topological polar surface area (TPSA) is 25.8 Å². The average molecular weight is 351 g/mol. The van der Waals surface area contributed by atoms with E-state index < -0.39 is 0 Å². The minimum atomic E-state index is -0.204. The Hall–Kier alpha value is -1.01. The van der Waals surface area contributed by atoms with Crippen molar-refractivity contribution in [2.75, 3.05) is 0 Å². The molecule has 0 aromatic carbocycles. The first kappa shape index (κ1) is 8.58. The Labute approximate surface area is 85.6 Å². The van der Waals surface area contributed by atoms with Gasteiger partial charge in [0.2, 0.25) is 0 Å². The minimum absolute atomic E-state index is 0.204. The molecule has 0 unspecified atom stereocenters. The molecule has 0 amide bonds. The number of hydrogen-bond acceptors (Lipinski definition) is 2. The molecule has 2 heterocycles. The van der Waals surface area contributed by atoms with Crippen molar-refractivity contribution in [1.29, 1.82) is 0 Å². The van der Waals surface area contributed by atoms with Gasteiger partial charge in [0, 0.05) is 0 Å². The van der Waals surface area contributed by atoms with Crippen LogP contribution in [0.4, 0.5) is 0 Å². The number of pyridine rings is 2. The Morgan fingerprint density at radius 1 is 0.769 bits per heavy atom. The quantitative estimate of drug-likeness (QED) is 0.788. The fraction of sp³-hybridized carbons (Fsp3) is 0. The Morgan fingerprint density at radius 2 is 1.31 bits per heavy atom. The van der Waals surface area contributed by atoms with Gasteiger partial charge < -0.3 is 0 Å².